The van der Waals surface area contributed by atoms with Crippen LogP contribution in [-0.2, 0) is 11.2 Å². The van der Waals surface area contributed by atoms with Crippen molar-refractivity contribution in [2.45, 2.75) is 6.42 Å². The van der Waals surface area contributed by atoms with Gasteiger partial charge in [0.05, 0.1) is 13.2 Å². The van der Waals surface area contributed by atoms with Crippen LogP contribution in [0.3, 0.4) is 0 Å². The summed E-state index contributed by atoms with van der Waals surface area (Å²) in [6, 6.07) is 18.7. The summed E-state index contributed by atoms with van der Waals surface area (Å²) in [7, 11) is 0. The fraction of sp³-hybridized carbons (Fsp3) is 0.240. The second-order valence-electron chi connectivity index (χ2n) is 7.70. The molecule has 2 aromatic heterocycles. The van der Waals surface area contributed by atoms with Crippen molar-refractivity contribution in [3.63, 3.8) is 0 Å². The number of fused-ring (bicyclic) bond motifs is 1. The van der Waals surface area contributed by atoms with E-state index in [1.54, 1.807) is 0 Å². The number of benzene rings is 2. The number of aromatic nitrogens is 2. The number of nitrogens with one attached hydrogen (secondary N) is 1. The monoisotopic (exact) mass is 417 g/mol. The Kier molecular flexibility index (Phi) is 5.54. The van der Waals surface area contributed by atoms with Crippen molar-refractivity contribution < 1.29 is 4.74 Å². The van der Waals surface area contributed by atoms with Crippen molar-refractivity contribution >= 4 is 22.5 Å². The number of para-hydroxylation sites is 1. The molecule has 1 aliphatic heterocycles. The van der Waals surface area contributed by atoms with E-state index in [1.165, 1.54) is 22.2 Å². The minimum atomic E-state index is 0.741. The lowest BCUT2D eigenvalue weighted by molar-refractivity contribution is 0.0384. The number of hydrogen-bond donors (Lipinski definition) is 1. The smallest absolute Gasteiger partial charge is 0.0594 e. The van der Waals surface area contributed by atoms with Gasteiger partial charge in [0.25, 0.3) is 0 Å². The van der Waals surface area contributed by atoms with Crippen LogP contribution in [0.5, 0.6) is 0 Å². The Balaban J connectivity index is 1.52. The number of rotatable bonds is 5. The fourth-order valence-corrected chi connectivity index (χ4v) is 4.31. The maximum absolute atomic E-state index is 6.07. The molecule has 0 bridgehead atoms. The number of pyridine rings is 1. The van der Waals surface area contributed by atoms with Gasteiger partial charge in [-0.05, 0) is 29.8 Å². The highest BCUT2D eigenvalue weighted by Crippen LogP contribution is 2.34. The first kappa shape index (κ1) is 19.3. The van der Waals surface area contributed by atoms with Gasteiger partial charge in [0.1, 0.15) is 0 Å². The summed E-state index contributed by atoms with van der Waals surface area (Å²) >= 11 is 6.07. The van der Waals surface area contributed by atoms with Gasteiger partial charge in [-0.3, -0.25) is 9.88 Å². The number of H-pyrrole nitrogens is 1. The third-order valence-corrected chi connectivity index (χ3v) is 6.02. The first-order chi connectivity index (χ1) is 14.8. The van der Waals surface area contributed by atoms with E-state index in [0.29, 0.717) is 0 Å². The van der Waals surface area contributed by atoms with Crippen LogP contribution >= 0.6 is 11.6 Å². The van der Waals surface area contributed by atoms with Crippen molar-refractivity contribution in [3.05, 3.63) is 77.7 Å². The van der Waals surface area contributed by atoms with Crippen molar-refractivity contribution in [2.24, 2.45) is 0 Å². The van der Waals surface area contributed by atoms with Crippen molar-refractivity contribution in [2.75, 3.05) is 32.8 Å². The first-order valence-electron chi connectivity index (χ1n) is 10.4. The van der Waals surface area contributed by atoms with Crippen LogP contribution in [0.4, 0.5) is 0 Å². The Bertz CT molecular complexity index is 1150. The average molecular weight is 418 g/mol. The molecule has 0 atom stereocenters. The lowest BCUT2D eigenvalue weighted by Crippen LogP contribution is -2.37. The SMILES string of the molecule is Clc1ccc(-c2cncc(-c3c(CCN4CCOCC4)[nH]c4ccccc34)c2)cc1. The van der Waals surface area contributed by atoms with E-state index in [4.69, 9.17) is 16.3 Å². The molecule has 1 aliphatic rings. The third kappa shape index (κ3) is 3.99. The molecule has 2 aromatic carbocycles. The Morgan fingerprint density at radius 1 is 0.933 bits per heavy atom. The summed E-state index contributed by atoms with van der Waals surface area (Å²) in [5.41, 5.74) is 7.02. The summed E-state index contributed by atoms with van der Waals surface area (Å²) in [4.78, 5) is 10.7. The predicted octanol–water partition coefficient (Wildman–Crippen LogP) is 5.43. The van der Waals surface area contributed by atoms with E-state index in [1.807, 2.05) is 36.7 Å². The van der Waals surface area contributed by atoms with Gasteiger partial charge >= 0.3 is 0 Å². The second-order valence-corrected chi connectivity index (χ2v) is 8.13. The molecule has 152 valence electrons. The molecule has 0 amide bonds. The van der Waals surface area contributed by atoms with E-state index < -0.39 is 0 Å². The molecule has 0 aliphatic carbocycles. The van der Waals surface area contributed by atoms with Crippen LogP contribution in [0, 0.1) is 0 Å². The zero-order valence-corrected chi connectivity index (χ0v) is 17.5. The van der Waals surface area contributed by atoms with Gasteiger partial charge in [-0.15, -0.1) is 0 Å². The van der Waals surface area contributed by atoms with Crippen molar-refractivity contribution in [3.8, 4) is 22.3 Å². The number of aromatic amines is 1. The first-order valence-corrected chi connectivity index (χ1v) is 10.8. The average Bonchev–Trinajstić information content (AvgIpc) is 3.17. The normalized spacial score (nSPS) is 15.0. The molecule has 4 aromatic rings. The van der Waals surface area contributed by atoms with E-state index in [0.717, 1.165) is 61.0 Å². The fourth-order valence-electron chi connectivity index (χ4n) is 4.19. The van der Waals surface area contributed by atoms with Crippen LogP contribution in [0.2, 0.25) is 5.02 Å². The Morgan fingerprint density at radius 3 is 2.53 bits per heavy atom. The Labute approximate surface area is 181 Å². The summed E-state index contributed by atoms with van der Waals surface area (Å²) in [6.07, 6.45) is 4.84. The van der Waals surface area contributed by atoms with Crippen LogP contribution in [0.15, 0.2) is 67.0 Å². The van der Waals surface area contributed by atoms with Gasteiger partial charge in [0, 0.05) is 76.8 Å². The van der Waals surface area contributed by atoms with Crippen LogP contribution in [-0.4, -0.2) is 47.7 Å². The highest BCUT2D eigenvalue weighted by atomic mass is 35.5. The highest BCUT2D eigenvalue weighted by Gasteiger charge is 2.16. The number of halogens is 1. The largest absolute Gasteiger partial charge is 0.379 e. The van der Waals surface area contributed by atoms with Crippen LogP contribution in [0.25, 0.3) is 33.2 Å². The van der Waals surface area contributed by atoms with Gasteiger partial charge in [0.15, 0.2) is 0 Å². The number of nitrogens with zero attached hydrogens (tertiary/aromatic N) is 2. The molecule has 30 heavy (non-hydrogen) atoms. The molecule has 0 radical (unpaired) electrons. The zero-order valence-electron chi connectivity index (χ0n) is 16.8. The summed E-state index contributed by atoms with van der Waals surface area (Å²) < 4.78 is 5.49. The molecule has 1 saturated heterocycles. The number of ether oxygens (including phenoxy) is 1. The van der Waals surface area contributed by atoms with E-state index in [2.05, 4.69) is 45.2 Å². The molecular weight excluding hydrogens is 394 g/mol. The molecule has 0 saturated carbocycles. The Hall–Kier alpha value is -2.66. The van der Waals surface area contributed by atoms with Gasteiger partial charge in [0.2, 0.25) is 0 Å². The molecule has 5 heteroatoms. The maximum Gasteiger partial charge on any atom is 0.0594 e. The number of morpholine rings is 1. The maximum atomic E-state index is 6.07. The highest BCUT2D eigenvalue weighted by molar-refractivity contribution is 6.30. The zero-order chi connectivity index (χ0) is 20.3. The Morgan fingerprint density at radius 2 is 1.70 bits per heavy atom. The van der Waals surface area contributed by atoms with Gasteiger partial charge in [-0.1, -0.05) is 41.9 Å². The minimum absolute atomic E-state index is 0.741. The molecule has 4 nitrogen and oxygen atoms in total. The third-order valence-electron chi connectivity index (χ3n) is 5.77. The van der Waals surface area contributed by atoms with Crippen LogP contribution in [0.1, 0.15) is 5.69 Å². The number of hydrogen-bond acceptors (Lipinski definition) is 3. The van der Waals surface area contributed by atoms with E-state index in [-0.39, 0.29) is 0 Å². The van der Waals surface area contributed by atoms with Crippen molar-refractivity contribution in [1.29, 1.82) is 0 Å². The molecule has 1 fully saturated rings. The molecule has 1 N–H and O–H groups in total. The quantitative estimate of drug-likeness (QED) is 0.471. The molecule has 0 unspecified atom stereocenters. The lowest BCUT2D eigenvalue weighted by atomic mass is 9.98. The second kappa shape index (κ2) is 8.60. The summed E-state index contributed by atoms with van der Waals surface area (Å²) in [5, 5.41) is 1.98. The summed E-state index contributed by atoms with van der Waals surface area (Å²) in [6.45, 7) is 4.68. The van der Waals surface area contributed by atoms with Gasteiger partial charge in [-0.25, -0.2) is 0 Å². The summed E-state index contributed by atoms with van der Waals surface area (Å²) in [5.74, 6) is 0. The standard InChI is InChI=1S/C25H24ClN3O/c26-21-7-5-18(6-8-21)19-15-20(17-27-16-19)25-22-3-1-2-4-23(22)28-24(25)9-10-29-11-13-30-14-12-29/h1-8,15-17,28H,9-14H2. The molecule has 0 spiro atoms. The van der Waals surface area contributed by atoms with Crippen LogP contribution < -0.4 is 0 Å². The molecule has 3 heterocycles. The van der Waals surface area contributed by atoms with E-state index >= 15 is 0 Å². The lowest BCUT2D eigenvalue weighted by Gasteiger charge is -2.26. The van der Waals surface area contributed by atoms with Gasteiger partial charge in [-0.2, -0.15) is 0 Å². The van der Waals surface area contributed by atoms with Gasteiger partial charge < -0.3 is 9.72 Å². The van der Waals surface area contributed by atoms with Crippen molar-refractivity contribution in [1.82, 2.24) is 14.9 Å². The predicted molar refractivity (Wildman–Crippen MR) is 123 cm³/mol. The molecular formula is C25H24ClN3O. The van der Waals surface area contributed by atoms with E-state index in [9.17, 15) is 0 Å². The topological polar surface area (TPSA) is 41.2 Å². The minimum Gasteiger partial charge on any atom is -0.379 e. The molecule has 5 rings (SSSR count).